The molecule has 0 bridgehead atoms. The van der Waals surface area contributed by atoms with Crippen molar-refractivity contribution in [2.24, 2.45) is 0 Å². The molecule has 1 heterocycles. The van der Waals surface area contributed by atoms with Gasteiger partial charge in [0, 0.05) is 12.1 Å². The number of hydrogen-bond donors (Lipinski definition) is 1. The number of fused-ring (bicyclic) bond motifs is 1. The predicted octanol–water partition coefficient (Wildman–Crippen LogP) is 4.51. The highest BCUT2D eigenvalue weighted by atomic mass is 32.1. The average Bonchev–Trinajstić information content (AvgIpc) is 2.96. The maximum Gasteiger partial charge on any atom is 0.270 e. The van der Waals surface area contributed by atoms with Crippen LogP contribution in [0.3, 0.4) is 0 Å². The number of benzene rings is 2. The summed E-state index contributed by atoms with van der Waals surface area (Å²) < 4.78 is 0.672. The van der Waals surface area contributed by atoms with Crippen LogP contribution in [0, 0.1) is 10.1 Å². The van der Waals surface area contributed by atoms with Crippen LogP contribution in [0.2, 0.25) is 0 Å². The van der Waals surface area contributed by atoms with E-state index in [1.807, 2.05) is 24.3 Å². The van der Waals surface area contributed by atoms with Crippen molar-refractivity contribution in [1.82, 2.24) is 4.98 Å². The van der Waals surface area contributed by atoms with Crippen LogP contribution in [0.1, 0.15) is 30.9 Å². The molecular weight excluding hydrogens is 338 g/mol. The van der Waals surface area contributed by atoms with Gasteiger partial charge in [-0.3, -0.25) is 14.9 Å². The van der Waals surface area contributed by atoms with Crippen molar-refractivity contribution < 1.29 is 9.72 Å². The maximum atomic E-state index is 12.2. The zero-order chi connectivity index (χ0) is 18.0. The van der Waals surface area contributed by atoms with Gasteiger partial charge in [-0.25, -0.2) is 4.98 Å². The van der Waals surface area contributed by atoms with E-state index in [2.05, 4.69) is 24.1 Å². The number of nitro benzene ring substituents is 1. The Labute approximate surface area is 148 Å². The van der Waals surface area contributed by atoms with Crippen molar-refractivity contribution >= 4 is 38.3 Å². The molecule has 0 fully saturated rings. The van der Waals surface area contributed by atoms with Gasteiger partial charge in [-0.1, -0.05) is 49.4 Å². The zero-order valence-corrected chi connectivity index (χ0v) is 14.7. The summed E-state index contributed by atoms with van der Waals surface area (Å²) in [5.41, 5.74) is 2.81. The molecule has 0 radical (unpaired) electrons. The molecule has 7 heteroatoms. The summed E-state index contributed by atoms with van der Waals surface area (Å²) in [6.45, 7) is 4.25. The Hall–Kier alpha value is -2.80. The number of anilines is 1. The molecule has 0 atom stereocenters. The fourth-order valence-electron chi connectivity index (χ4n) is 2.45. The van der Waals surface area contributed by atoms with E-state index in [4.69, 9.17) is 0 Å². The number of aromatic nitrogens is 1. The van der Waals surface area contributed by atoms with Crippen molar-refractivity contribution in [2.45, 2.75) is 26.2 Å². The number of rotatable bonds is 5. The van der Waals surface area contributed by atoms with Crippen molar-refractivity contribution in [3.63, 3.8) is 0 Å². The minimum atomic E-state index is -0.446. The lowest BCUT2D eigenvalue weighted by Gasteiger charge is -2.06. The molecule has 3 rings (SSSR count). The molecule has 1 amide bonds. The first-order valence-electron chi connectivity index (χ1n) is 7.86. The van der Waals surface area contributed by atoms with Gasteiger partial charge in [0.1, 0.15) is 0 Å². The summed E-state index contributed by atoms with van der Waals surface area (Å²) in [5.74, 6) is 0.292. The number of nitrogens with one attached hydrogen (secondary N) is 1. The summed E-state index contributed by atoms with van der Waals surface area (Å²) in [7, 11) is 0. The molecule has 2 aromatic carbocycles. The van der Waals surface area contributed by atoms with Gasteiger partial charge in [0.15, 0.2) is 5.13 Å². The number of nitrogens with zero attached hydrogens (tertiary/aromatic N) is 2. The minimum absolute atomic E-state index is 0.0132. The lowest BCUT2D eigenvalue weighted by atomic mass is 10.0. The smallest absolute Gasteiger partial charge is 0.270 e. The predicted molar refractivity (Wildman–Crippen MR) is 99.1 cm³/mol. The summed E-state index contributed by atoms with van der Waals surface area (Å²) in [6, 6.07) is 12.4. The van der Waals surface area contributed by atoms with Gasteiger partial charge < -0.3 is 5.32 Å². The number of nitro groups is 1. The Morgan fingerprint density at radius 3 is 2.60 bits per heavy atom. The second-order valence-corrected chi connectivity index (χ2v) is 7.08. The van der Waals surface area contributed by atoms with Gasteiger partial charge in [0.2, 0.25) is 5.91 Å². The molecule has 6 nitrogen and oxygen atoms in total. The highest BCUT2D eigenvalue weighted by Gasteiger charge is 2.12. The molecule has 0 spiro atoms. The van der Waals surface area contributed by atoms with Crippen LogP contribution in [0.4, 0.5) is 10.8 Å². The topological polar surface area (TPSA) is 85.1 Å². The fraction of sp³-hybridized carbons (Fsp3) is 0.222. The summed E-state index contributed by atoms with van der Waals surface area (Å²) in [6.07, 6.45) is 0.258. The third kappa shape index (κ3) is 4.00. The Morgan fingerprint density at radius 1 is 1.24 bits per heavy atom. The van der Waals surface area contributed by atoms with Gasteiger partial charge >= 0.3 is 0 Å². The van der Waals surface area contributed by atoms with Crippen molar-refractivity contribution in [2.75, 3.05) is 5.32 Å². The van der Waals surface area contributed by atoms with Gasteiger partial charge in [0.05, 0.1) is 21.6 Å². The Kier molecular flexibility index (Phi) is 4.76. The molecule has 0 aliphatic heterocycles. The van der Waals surface area contributed by atoms with E-state index in [1.165, 1.54) is 29.0 Å². The Bertz CT molecular complexity index is 932. The van der Waals surface area contributed by atoms with E-state index in [-0.39, 0.29) is 18.0 Å². The van der Waals surface area contributed by atoms with Crippen molar-refractivity contribution in [3.05, 3.63) is 63.7 Å². The van der Waals surface area contributed by atoms with Gasteiger partial charge in [-0.15, -0.1) is 0 Å². The highest BCUT2D eigenvalue weighted by Crippen LogP contribution is 2.29. The highest BCUT2D eigenvalue weighted by molar-refractivity contribution is 7.22. The molecule has 1 aromatic heterocycles. The van der Waals surface area contributed by atoms with Crippen LogP contribution in [0.25, 0.3) is 10.2 Å². The van der Waals surface area contributed by atoms with E-state index < -0.39 is 4.92 Å². The summed E-state index contributed by atoms with van der Waals surface area (Å²) >= 11 is 1.23. The lowest BCUT2D eigenvalue weighted by molar-refractivity contribution is -0.384. The monoisotopic (exact) mass is 355 g/mol. The van der Waals surface area contributed by atoms with Gasteiger partial charge in [-0.2, -0.15) is 0 Å². The van der Waals surface area contributed by atoms with E-state index in [0.29, 0.717) is 21.3 Å². The number of amides is 1. The molecular formula is C18H17N3O3S. The Morgan fingerprint density at radius 2 is 1.96 bits per heavy atom. The average molecular weight is 355 g/mol. The van der Waals surface area contributed by atoms with E-state index in [0.717, 1.165) is 5.56 Å². The second kappa shape index (κ2) is 6.98. The molecule has 128 valence electrons. The lowest BCUT2D eigenvalue weighted by Crippen LogP contribution is -2.14. The SMILES string of the molecule is CC(C)c1ccc(CC(=O)Nc2nc3ccc([N+](=O)[O-])cc3s2)cc1. The number of non-ortho nitro benzene ring substituents is 1. The molecule has 1 N–H and O–H groups in total. The third-order valence-corrected chi connectivity index (χ3v) is 4.77. The number of hydrogen-bond acceptors (Lipinski definition) is 5. The summed E-state index contributed by atoms with van der Waals surface area (Å²) in [4.78, 5) is 26.9. The molecule has 3 aromatic rings. The fourth-order valence-corrected chi connectivity index (χ4v) is 3.36. The van der Waals surface area contributed by atoms with E-state index >= 15 is 0 Å². The van der Waals surface area contributed by atoms with E-state index in [1.54, 1.807) is 6.07 Å². The van der Waals surface area contributed by atoms with Crippen LogP contribution in [-0.2, 0) is 11.2 Å². The van der Waals surface area contributed by atoms with E-state index in [9.17, 15) is 14.9 Å². The van der Waals surface area contributed by atoms with Gasteiger partial charge in [0.25, 0.3) is 5.69 Å². The molecule has 0 saturated heterocycles. The normalized spacial score (nSPS) is 11.0. The maximum absolute atomic E-state index is 12.2. The largest absolute Gasteiger partial charge is 0.302 e. The Balaban J connectivity index is 1.70. The molecule has 25 heavy (non-hydrogen) atoms. The molecule has 0 aliphatic rings. The first-order valence-corrected chi connectivity index (χ1v) is 8.67. The van der Waals surface area contributed by atoms with Crippen LogP contribution in [0.15, 0.2) is 42.5 Å². The van der Waals surface area contributed by atoms with Crippen molar-refractivity contribution in [3.8, 4) is 0 Å². The van der Waals surface area contributed by atoms with Crippen LogP contribution >= 0.6 is 11.3 Å². The third-order valence-electron chi connectivity index (χ3n) is 3.84. The number of carbonyl (C=O) groups excluding carboxylic acids is 1. The molecule has 0 saturated carbocycles. The second-order valence-electron chi connectivity index (χ2n) is 6.05. The first kappa shape index (κ1) is 17.0. The molecule has 0 unspecified atom stereocenters. The summed E-state index contributed by atoms with van der Waals surface area (Å²) in [5, 5.41) is 14.0. The number of thiazole rings is 1. The zero-order valence-electron chi connectivity index (χ0n) is 13.9. The number of carbonyl (C=O) groups is 1. The van der Waals surface area contributed by atoms with Crippen molar-refractivity contribution in [1.29, 1.82) is 0 Å². The van der Waals surface area contributed by atoms with Crippen LogP contribution < -0.4 is 5.32 Å². The quantitative estimate of drug-likeness (QED) is 0.539. The molecule has 0 aliphatic carbocycles. The standard InChI is InChI=1S/C18H17N3O3S/c1-11(2)13-5-3-12(4-6-13)9-17(22)20-18-19-15-8-7-14(21(23)24)10-16(15)25-18/h3-8,10-11H,9H2,1-2H3,(H,19,20,22). The minimum Gasteiger partial charge on any atom is -0.302 e. The van der Waals surface area contributed by atoms with Crippen LogP contribution in [0.5, 0.6) is 0 Å². The van der Waals surface area contributed by atoms with Crippen LogP contribution in [-0.4, -0.2) is 15.8 Å². The van der Waals surface area contributed by atoms with Gasteiger partial charge in [-0.05, 0) is 23.1 Å². The first-order chi connectivity index (χ1) is 11.9.